The third kappa shape index (κ3) is 3.74. The fourth-order valence-electron chi connectivity index (χ4n) is 1.93. The lowest BCUT2D eigenvalue weighted by Crippen LogP contribution is -2.22. The third-order valence-electron chi connectivity index (χ3n) is 3.21. The predicted molar refractivity (Wildman–Crippen MR) is 91.3 cm³/mol. The lowest BCUT2D eigenvalue weighted by atomic mass is 10.1. The number of benzene rings is 2. The highest BCUT2D eigenvalue weighted by Gasteiger charge is 2.11. The summed E-state index contributed by atoms with van der Waals surface area (Å²) in [6.45, 7) is 1.96. The molecule has 5 heteroatoms. The zero-order valence-corrected chi connectivity index (χ0v) is 14.3. The van der Waals surface area contributed by atoms with Crippen molar-refractivity contribution in [2.75, 3.05) is 19.4 Å². The summed E-state index contributed by atoms with van der Waals surface area (Å²) >= 11 is 3.42. The first-order valence-electron chi connectivity index (χ1n) is 6.77. The SMILES string of the molecule is Cc1ccc(C(=O)Nc2cccc(C(=O)N(C)C)c2)cc1Br. The molecule has 0 radical (unpaired) electrons. The van der Waals surface area contributed by atoms with Crippen LogP contribution in [-0.4, -0.2) is 30.8 Å². The summed E-state index contributed by atoms with van der Waals surface area (Å²) in [5.41, 5.74) is 2.75. The number of carbonyl (C=O) groups excluding carboxylic acids is 2. The number of hydrogen-bond acceptors (Lipinski definition) is 2. The number of halogens is 1. The summed E-state index contributed by atoms with van der Waals surface area (Å²) in [4.78, 5) is 25.7. The van der Waals surface area contributed by atoms with Crippen LogP contribution in [-0.2, 0) is 0 Å². The van der Waals surface area contributed by atoms with Gasteiger partial charge in [-0.1, -0.05) is 28.1 Å². The summed E-state index contributed by atoms with van der Waals surface area (Å²) in [7, 11) is 3.38. The summed E-state index contributed by atoms with van der Waals surface area (Å²) in [5.74, 6) is -0.315. The van der Waals surface area contributed by atoms with Crippen LogP contribution in [0.25, 0.3) is 0 Å². The van der Waals surface area contributed by atoms with Crippen molar-refractivity contribution in [2.45, 2.75) is 6.92 Å². The van der Waals surface area contributed by atoms with Gasteiger partial charge in [-0.15, -0.1) is 0 Å². The fraction of sp³-hybridized carbons (Fsp3) is 0.176. The molecule has 1 N–H and O–H groups in total. The highest BCUT2D eigenvalue weighted by molar-refractivity contribution is 9.10. The molecule has 2 rings (SSSR count). The van der Waals surface area contributed by atoms with Gasteiger partial charge in [0.1, 0.15) is 0 Å². The van der Waals surface area contributed by atoms with E-state index in [4.69, 9.17) is 0 Å². The molecule has 2 aromatic rings. The van der Waals surface area contributed by atoms with Gasteiger partial charge in [0.15, 0.2) is 0 Å². The van der Waals surface area contributed by atoms with Crippen molar-refractivity contribution < 1.29 is 9.59 Å². The van der Waals surface area contributed by atoms with Crippen LogP contribution in [0, 0.1) is 6.92 Å². The average molecular weight is 361 g/mol. The van der Waals surface area contributed by atoms with Gasteiger partial charge in [-0.3, -0.25) is 9.59 Å². The molecule has 0 bridgehead atoms. The Balaban J connectivity index is 2.19. The molecule has 4 nitrogen and oxygen atoms in total. The first-order valence-corrected chi connectivity index (χ1v) is 7.57. The molecule has 0 aromatic heterocycles. The minimum atomic E-state index is -0.213. The zero-order chi connectivity index (χ0) is 16.3. The Kier molecular flexibility index (Phi) is 4.98. The molecule has 0 unspecified atom stereocenters. The van der Waals surface area contributed by atoms with Gasteiger partial charge in [0.05, 0.1) is 0 Å². The van der Waals surface area contributed by atoms with E-state index in [2.05, 4.69) is 21.2 Å². The number of hydrogen-bond donors (Lipinski definition) is 1. The molecule has 2 amide bonds. The van der Waals surface area contributed by atoms with E-state index < -0.39 is 0 Å². The zero-order valence-electron chi connectivity index (χ0n) is 12.7. The van der Waals surface area contributed by atoms with E-state index in [1.165, 1.54) is 4.90 Å². The van der Waals surface area contributed by atoms with Crippen molar-refractivity contribution in [1.82, 2.24) is 4.90 Å². The van der Waals surface area contributed by atoms with E-state index in [1.54, 1.807) is 50.5 Å². The van der Waals surface area contributed by atoms with Crippen molar-refractivity contribution in [3.05, 3.63) is 63.6 Å². The van der Waals surface area contributed by atoms with Gasteiger partial charge in [-0.2, -0.15) is 0 Å². The van der Waals surface area contributed by atoms with Crippen LogP contribution in [0.5, 0.6) is 0 Å². The molecule has 0 aliphatic carbocycles. The molecule has 0 saturated carbocycles. The van der Waals surface area contributed by atoms with Crippen molar-refractivity contribution in [1.29, 1.82) is 0 Å². The second-order valence-electron chi connectivity index (χ2n) is 5.20. The van der Waals surface area contributed by atoms with Crippen LogP contribution >= 0.6 is 15.9 Å². The normalized spacial score (nSPS) is 10.2. The molecular formula is C17H17BrN2O2. The van der Waals surface area contributed by atoms with Crippen molar-refractivity contribution in [3.63, 3.8) is 0 Å². The topological polar surface area (TPSA) is 49.4 Å². The van der Waals surface area contributed by atoms with Crippen molar-refractivity contribution >= 4 is 33.4 Å². The molecule has 0 spiro atoms. The van der Waals surface area contributed by atoms with E-state index in [9.17, 15) is 9.59 Å². The Labute approximate surface area is 138 Å². The standard InChI is InChI=1S/C17H17BrN2O2/c1-11-7-8-12(10-15(11)18)16(21)19-14-6-4-5-13(9-14)17(22)20(2)3/h4-10H,1-3H3,(H,19,21). The average Bonchev–Trinajstić information content (AvgIpc) is 2.49. The van der Waals surface area contributed by atoms with Crippen LogP contribution in [0.15, 0.2) is 46.9 Å². The number of anilines is 1. The Morgan fingerprint density at radius 3 is 2.41 bits per heavy atom. The molecule has 0 aliphatic heterocycles. The largest absolute Gasteiger partial charge is 0.345 e. The van der Waals surface area contributed by atoms with Gasteiger partial charge in [-0.25, -0.2) is 0 Å². The minimum Gasteiger partial charge on any atom is -0.345 e. The highest BCUT2D eigenvalue weighted by atomic mass is 79.9. The monoisotopic (exact) mass is 360 g/mol. The molecule has 0 atom stereocenters. The highest BCUT2D eigenvalue weighted by Crippen LogP contribution is 2.19. The molecule has 0 heterocycles. The van der Waals surface area contributed by atoms with Crippen LogP contribution in [0.3, 0.4) is 0 Å². The Bertz CT molecular complexity index is 726. The van der Waals surface area contributed by atoms with E-state index in [-0.39, 0.29) is 11.8 Å². The van der Waals surface area contributed by atoms with E-state index >= 15 is 0 Å². The number of aryl methyl sites for hydroxylation is 1. The number of nitrogens with one attached hydrogen (secondary N) is 1. The first-order chi connectivity index (χ1) is 10.4. The maximum atomic E-state index is 12.3. The molecule has 2 aromatic carbocycles. The van der Waals surface area contributed by atoms with Gasteiger partial charge >= 0.3 is 0 Å². The smallest absolute Gasteiger partial charge is 0.255 e. The fourth-order valence-corrected chi connectivity index (χ4v) is 2.30. The third-order valence-corrected chi connectivity index (χ3v) is 4.06. The molecule has 22 heavy (non-hydrogen) atoms. The quantitative estimate of drug-likeness (QED) is 0.906. The van der Waals surface area contributed by atoms with Gasteiger partial charge < -0.3 is 10.2 Å². The predicted octanol–water partition coefficient (Wildman–Crippen LogP) is 3.71. The van der Waals surface area contributed by atoms with Gasteiger partial charge in [-0.05, 0) is 42.8 Å². The van der Waals surface area contributed by atoms with Crippen LogP contribution in [0.1, 0.15) is 26.3 Å². The number of carbonyl (C=O) groups is 2. The number of nitrogens with zero attached hydrogens (tertiary/aromatic N) is 1. The summed E-state index contributed by atoms with van der Waals surface area (Å²) < 4.78 is 0.886. The van der Waals surface area contributed by atoms with Gasteiger partial charge in [0.25, 0.3) is 11.8 Å². The summed E-state index contributed by atoms with van der Waals surface area (Å²) in [5, 5.41) is 2.81. The van der Waals surface area contributed by atoms with Crippen molar-refractivity contribution in [3.8, 4) is 0 Å². The molecule has 0 saturated heterocycles. The summed E-state index contributed by atoms with van der Waals surface area (Å²) in [6, 6.07) is 12.3. The number of amides is 2. The van der Waals surface area contributed by atoms with E-state index in [1.807, 2.05) is 13.0 Å². The second-order valence-corrected chi connectivity index (χ2v) is 6.05. The molecule has 0 fully saturated rings. The maximum Gasteiger partial charge on any atom is 0.255 e. The van der Waals surface area contributed by atoms with Crippen LogP contribution in [0.4, 0.5) is 5.69 Å². The van der Waals surface area contributed by atoms with Gasteiger partial charge in [0.2, 0.25) is 0 Å². The summed E-state index contributed by atoms with van der Waals surface area (Å²) in [6.07, 6.45) is 0. The Hall–Kier alpha value is -2.14. The van der Waals surface area contributed by atoms with Crippen LogP contribution < -0.4 is 5.32 Å². The number of rotatable bonds is 3. The van der Waals surface area contributed by atoms with E-state index in [0.717, 1.165) is 10.0 Å². The van der Waals surface area contributed by atoms with Crippen molar-refractivity contribution in [2.24, 2.45) is 0 Å². The van der Waals surface area contributed by atoms with E-state index in [0.29, 0.717) is 16.8 Å². The van der Waals surface area contributed by atoms with Crippen LogP contribution in [0.2, 0.25) is 0 Å². The minimum absolute atomic E-state index is 0.103. The second kappa shape index (κ2) is 6.75. The Morgan fingerprint density at radius 1 is 1.05 bits per heavy atom. The molecule has 0 aliphatic rings. The molecular weight excluding hydrogens is 344 g/mol. The first kappa shape index (κ1) is 16.2. The lowest BCUT2D eigenvalue weighted by molar-refractivity contribution is 0.0827. The molecule has 114 valence electrons. The lowest BCUT2D eigenvalue weighted by Gasteiger charge is -2.12. The maximum absolute atomic E-state index is 12.3. The Morgan fingerprint density at radius 2 is 1.77 bits per heavy atom. The van der Waals surface area contributed by atoms with Gasteiger partial charge in [0, 0.05) is 35.4 Å².